The number of ether oxygens (including phenoxy) is 2. The van der Waals surface area contributed by atoms with Crippen LogP contribution in [0.2, 0.25) is 0 Å². The molecule has 0 aliphatic carbocycles. The predicted octanol–water partition coefficient (Wildman–Crippen LogP) is 2.27. The largest absolute Gasteiger partial charge is 0.471 e. The summed E-state index contributed by atoms with van der Waals surface area (Å²) in [5.41, 5.74) is 6.25. The number of hydrogen-bond acceptors (Lipinski definition) is 6. The van der Waals surface area contributed by atoms with Crippen LogP contribution in [-0.4, -0.2) is 49.3 Å². The quantitative estimate of drug-likeness (QED) is 0.388. The average molecular weight is 432 g/mol. The molecule has 0 spiro atoms. The number of carbonyl (C=O) groups is 3. The molecule has 10 heteroatoms. The first kappa shape index (κ1) is 25.4. The Bertz CT molecular complexity index is 683. The molecule has 7 nitrogen and oxygen atoms in total. The average Bonchev–Trinajstić information content (AvgIpc) is 2.70. The van der Waals surface area contributed by atoms with E-state index in [1.54, 1.807) is 24.4 Å². The summed E-state index contributed by atoms with van der Waals surface area (Å²) in [5, 5.41) is 1.63. The lowest BCUT2D eigenvalue weighted by atomic mass is 10.1. The second-order valence-electron chi connectivity index (χ2n) is 6.51. The van der Waals surface area contributed by atoms with Crippen molar-refractivity contribution in [2.75, 3.05) is 13.2 Å². The van der Waals surface area contributed by atoms with Crippen molar-refractivity contribution in [3.8, 4) is 0 Å². The van der Waals surface area contributed by atoms with Gasteiger partial charge in [0.05, 0.1) is 6.61 Å². The van der Waals surface area contributed by atoms with Crippen LogP contribution < -0.4 is 11.1 Å². The summed E-state index contributed by atoms with van der Waals surface area (Å²) in [6.45, 7) is 1.90. The number of hydrogen-bond donors (Lipinski definition) is 2. The van der Waals surface area contributed by atoms with Crippen molar-refractivity contribution in [1.29, 1.82) is 0 Å². The van der Waals surface area contributed by atoms with Crippen molar-refractivity contribution in [1.82, 2.24) is 5.32 Å². The molecule has 0 aliphatic heterocycles. The molecule has 3 N–H and O–H groups in total. The molecule has 30 heavy (non-hydrogen) atoms. The Morgan fingerprint density at radius 2 is 1.73 bits per heavy atom. The summed E-state index contributed by atoms with van der Waals surface area (Å²) in [4.78, 5) is 36.0. The molecule has 0 unspecified atom stereocenters. The molecule has 0 bridgehead atoms. The van der Waals surface area contributed by atoms with Gasteiger partial charge in [-0.25, -0.2) is 9.59 Å². The zero-order chi connectivity index (χ0) is 22.6. The molecule has 1 aromatic rings. The highest BCUT2D eigenvalue weighted by Gasteiger charge is 2.41. The van der Waals surface area contributed by atoms with E-state index in [-0.39, 0.29) is 26.0 Å². The Balaban J connectivity index is 2.87. The van der Waals surface area contributed by atoms with E-state index in [0.717, 1.165) is 5.56 Å². The monoisotopic (exact) mass is 432 g/mol. The van der Waals surface area contributed by atoms with Gasteiger partial charge >= 0.3 is 24.0 Å². The Kier molecular flexibility index (Phi) is 10.9. The van der Waals surface area contributed by atoms with E-state index in [9.17, 15) is 27.6 Å². The van der Waals surface area contributed by atoms with Crippen molar-refractivity contribution >= 4 is 17.8 Å². The van der Waals surface area contributed by atoms with E-state index in [4.69, 9.17) is 15.2 Å². The van der Waals surface area contributed by atoms with E-state index >= 15 is 0 Å². The Morgan fingerprint density at radius 3 is 2.30 bits per heavy atom. The van der Waals surface area contributed by atoms with Gasteiger partial charge in [0.15, 0.2) is 6.10 Å². The molecular weight excluding hydrogens is 405 g/mol. The number of carbonyl (C=O) groups excluding carboxylic acids is 3. The number of nitrogens with two attached hydrogens (primary N) is 1. The number of alkyl halides is 3. The summed E-state index contributed by atoms with van der Waals surface area (Å²) < 4.78 is 47.9. The maximum Gasteiger partial charge on any atom is 0.471 e. The van der Waals surface area contributed by atoms with E-state index in [1.807, 2.05) is 18.2 Å². The smallest absolute Gasteiger partial charge is 0.463 e. The molecule has 168 valence electrons. The van der Waals surface area contributed by atoms with Gasteiger partial charge in [0, 0.05) is 0 Å². The van der Waals surface area contributed by atoms with Crippen LogP contribution in [-0.2, 0) is 30.3 Å². The third-order valence-corrected chi connectivity index (χ3v) is 4.14. The van der Waals surface area contributed by atoms with Gasteiger partial charge in [-0.05, 0) is 51.1 Å². The number of unbranched alkanes of at least 4 members (excludes halogenated alkanes) is 1. The van der Waals surface area contributed by atoms with E-state index in [1.165, 1.54) is 0 Å². The Labute approximate surface area is 173 Å². The zero-order valence-corrected chi connectivity index (χ0v) is 16.7. The van der Waals surface area contributed by atoms with Crippen LogP contribution in [0.4, 0.5) is 13.2 Å². The summed E-state index contributed by atoms with van der Waals surface area (Å²) >= 11 is 0. The highest BCUT2D eigenvalue weighted by atomic mass is 19.4. The molecule has 0 saturated carbocycles. The number of esters is 2. The van der Waals surface area contributed by atoms with Crippen molar-refractivity contribution < 1.29 is 37.0 Å². The molecule has 0 radical (unpaired) electrons. The normalized spacial score (nSPS) is 13.2. The third kappa shape index (κ3) is 9.25. The first-order valence-corrected chi connectivity index (χ1v) is 9.67. The number of halogens is 3. The highest BCUT2D eigenvalue weighted by Crippen LogP contribution is 2.17. The van der Waals surface area contributed by atoms with Gasteiger partial charge in [-0.3, -0.25) is 4.79 Å². The summed E-state index contributed by atoms with van der Waals surface area (Å²) in [6, 6.07) is 7.52. The minimum atomic E-state index is -5.15. The van der Waals surface area contributed by atoms with Crippen LogP contribution in [0.25, 0.3) is 0 Å². The van der Waals surface area contributed by atoms with Gasteiger partial charge in [0.1, 0.15) is 6.04 Å². The number of nitrogens with one attached hydrogen (secondary N) is 1. The van der Waals surface area contributed by atoms with Crippen molar-refractivity contribution in [3.63, 3.8) is 0 Å². The Morgan fingerprint density at radius 1 is 1.07 bits per heavy atom. The predicted molar refractivity (Wildman–Crippen MR) is 102 cm³/mol. The van der Waals surface area contributed by atoms with E-state index < -0.39 is 36.2 Å². The Hall–Kier alpha value is -2.62. The molecule has 0 aliphatic rings. The first-order chi connectivity index (χ1) is 14.2. The van der Waals surface area contributed by atoms with Gasteiger partial charge < -0.3 is 20.5 Å². The fourth-order valence-electron chi connectivity index (χ4n) is 2.61. The number of aryl methyl sites for hydroxylation is 1. The molecule has 1 amide bonds. The van der Waals surface area contributed by atoms with Gasteiger partial charge in [0.2, 0.25) is 0 Å². The third-order valence-electron chi connectivity index (χ3n) is 4.14. The van der Waals surface area contributed by atoms with Crippen molar-refractivity contribution in [3.05, 3.63) is 35.9 Å². The van der Waals surface area contributed by atoms with Crippen LogP contribution in [0.3, 0.4) is 0 Å². The lowest BCUT2D eigenvalue weighted by Gasteiger charge is -2.22. The maximum absolute atomic E-state index is 12.6. The maximum atomic E-state index is 12.6. The molecular formula is C20H27F3N2O5. The van der Waals surface area contributed by atoms with E-state index in [0.29, 0.717) is 19.3 Å². The second kappa shape index (κ2) is 12.8. The number of amides is 1. The molecule has 0 aromatic heterocycles. The fraction of sp³-hybridized carbons (Fsp3) is 0.550. The zero-order valence-electron chi connectivity index (χ0n) is 16.7. The van der Waals surface area contributed by atoms with Crippen LogP contribution in [0.5, 0.6) is 0 Å². The van der Waals surface area contributed by atoms with E-state index in [2.05, 4.69) is 0 Å². The molecule has 2 atom stereocenters. The number of rotatable bonds is 12. The van der Waals surface area contributed by atoms with Crippen LogP contribution in [0, 0.1) is 0 Å². The van der Waals surface area contributed by atoms with Crippen LogP contribution >= 0.6 is 0 Å². The standard InChI is InChI=1S/C20H27F3N2O5/c1-2-29-18(27)16(12-11-14-8-4-3-5-9-14)30-17(26)15(10-6-7-13-24)25-19(28)20(21,22)23/h3-5,8-9,15-16H,2,6-7,10-13,24H2,1H3,(H,25,28)/t15-,16-/m0/s1. The molecule has 0 saturated heterocycles. The van der Waals surface area contributed by atoms with Crippen molar-refractivity contribution in [2.24, 2.45) is 5.73 Å². The minimum absolute atomic E-state index is 0.0446. The fourth-order valence-corrected chi connectivity index (χ4v) is 2.61. The van der Waals surface area contributed by atoms with Crippen LogP contribution in [0.15, 0.2) is 30.3 Å². The summed E-state index contributed by atoms with van der Waals surface area (Å²) in [6.07, 6.45) is -5.37. The minimum Gasteiger partial charge on any atom is -0.463 e. The second-order valence-corrected chi connectivity index (χ2v) is 6.51. The number of benzene rings is 1. The van der Waals surface area contributed by atoms with Gasteiger partial charge in [0.25, 0.3) is 0 Å². The lowest BCUT2D eigenvalue weighted by molar-refractivity contribution is -0.178. The van der Waals surface area contributed by atoms with Crippen LogP contribution in [0.1, 0.15) is 38.2 Å². The summed E-state index contributed by atoms with van der Waals surface area (Å²) in [7, 11) is 0. The van der Waals surface area contributed by atoms with Crippen molar-refractivity contribution in [2.45, 2.75) is 57.3 Å². The molecule has 0 fully saturated rings. The lowest BCUT2D eigenvalue weighted by Crippen LogP contribution is -2.48. The van der Waals surface area contributed by atoms with Gasteiger partial charge in [-0.1, -0.05) is 30.3 Å². The molecule has 0 heterocycles. The SMILES string of the molecule is CCOC(=O)[C@H](CCc1ccccc1)OC(=O)[C@H](CCCCN)NC(=O)C(F)(F)F. The summed E-state index contributed by atoms with van der Waals surface area (Å²) in [5.74, 6) is -4.19. The molecule has 1 rings (SSSR count). The first-order valence-electron chi connectivity index (χ1n) is 9.67. The topological polar surface area (TPSA) is 108 Å². The highest BCUT2D eigenvalue weighted by molar-refractivity contribution is 5.88. The van der Waals surface area contributed by atoms with Gasteiger partial charge in [-0.15, -0.1) is 0 Å². The van der Waals surface area contributed by atoms with Gasteiger partial charge in [-0.2, -0.15) is 13.2 Å². The molecule has 1 aromatic carbocycles.